The van der Waals surface area contributed by atoms with Crippen molar-refractivity contribution in [3.05, 3.63) is 0 Å². The van der Waals surface area contributed by atoms with Crippen LogP contribution in [-0.2, 0) is 28.7 Å². The van der Waals surface area contributed by atoms with Crippen LogP contribution in [0, 0.1) is 5.92 Å². The maximum atomic E-state index is 12.6. The van der Waals surface area contributed by atoms with E-state index in [9.17, 15) is 19.2 Å². The molecule has 25 heavy (non-hydrogen) atoms. The Morgan fingerprint density at radius 1 is 1.12 bits per heavy atom. The van der Waals surface area contributed by atoms with Gasteiger partial charge in [0, 0.05) is 18.8 Å². The van der Waals surface area contributed by atoms with Crippen molar-refractivity contribution in [1.82, 2.24) is 9.96 Å². The third kappa shape index (κ3) is 4.28. The van der Waals surface area contributed by atoms with Gasteiger partial charge in [-0.05, 0) is 27.7 Å². The van der Waals surface area contributed by atoms with E-state index in [1.165, 1.54) is 0 Å². The van der Waals surface area contributed by atoms with Crippen LogP contribution < -0.4 is 0 Å². The number of carbonyl (C=O) groups excluding carboxylic acids is 4. The molecule has 2 fully saturated rings. The molecule has 2 aliphatic heterocycles. The summed E-state index contributed by atoms with van der Waals surface area (Å²) in [4.78, 5) is 54.4. The van der Waals surface area contributed by atoms with Crippen molar-refractivity contribution in [3.8, 4) is 0 Å². The molecule has 2 rings (SSSR count). The molecule has 0 aromatic heterocycles. The second-order valence-corrected chi connectivity index (χ2v) is 7.25. The molecule has 9 nitrogen and oxygen atoms in total. The second-order valence-electron chi connectivity index (χ2n) is 7.25. The number of hydroxylamine groups is 2. The fourth-order valence-corrected chi connectivity index (χ4v) is 2.60. The number of carbonyl (C=O) groups is 4. The van der Waals surface area contributed by atoms with E-state index in [1.807, 2.05) is 0 Å². The Bertz CT molecular complexity index is 568. The molecule has 0 unspecified atom stereocenters. The molecule has 0 aliphatic carbocycles. The number of amides is 3. The van der Waals surface area contributed by atoms with E-state index in [4.69, 9.17) is 14.3 Å². The van der Waals surface area contributed by atoms with Crippen LogP contribution in [0.25, 0.3) is 0 Å². The van der Waals surface area contributed by atoms with E-state index in [1.54, 1.807) is 34.6 Å². The van der Waals surface area contributed by atoms with E-state index >= 15 is 0 Å². The van der Waals surface area contributed by atoms with Crippen molar-refractivity contribution in [3.63, 3.8) is 0 Å². The summed E-state index contributed by atoms with van der Waals surface area (Å²) in [5, 5.41) is 0.475. The fraction of sp³-hybridized carbons (Fsp3) is 0.750. The molecule has 3 atom stereocenters. The van der Waals surface area contributed by atoms with E-state index in [0.29, 0.717) is 5.06 Å². The van der Waals surface area contributed by atoms with E-state index in [2.05, 4.69) is 0 Å². The van der Waals surface area contributed by atoms with Crippen molar-refractivity contribution < 1.29 is 33.5 Å². The van der Waals surface area contributed by atoms with Gasteiger partial charge in [0.15, 0.2) is 0 Å². The highest BCUT2D eigenvalue weighted by Gasteiger charge is 2.46. The molecule has 9 heteroatoms. The maximum Gasteiger partial charge on any atom is 0.412 e. The van der Waals surface area contributed by atoms with Crippen LogP contribution in [0.4, 0.5) is 4.79 Å². The zero-order valence-corrected chi connectivity index (χ0v) is 15.1. The van der Waals surface area contributed by atoms with Gasteiger partial charge in [0.1, 0.15) is 18.4 Å². The van der Waals surface area contributed by atoms with E-state index in [-0.39, 0.29) is 25.7 Å². The Labute approximate surface area is 146 Å². The number of hydrogen-bond acceptors (Lipinski definition) is 7. The largest absolute Gasteiger partial charge is 0.444 e. The van der Waals surface area contributed by atoms with Gasteiger partial charge in [0.05, 0.1) is 6.10 Å². The summed E-state index contributed by atoms with van der Waals surface area (Å²) in [5.41, 5.74) is -0.751. The Morgan fingerprint density at radius 2 is 1.68 bits per heavy atom. The zero-order chi connectivity index (χ0) is 18.9. The Balaban J connectivity index is 2.18. The summed E-state index contributed by atoms with van der Waals surface area (Å²) in [6, 6.07) is -1.03. The highest BCUT2D eigenvalue weighted by molar-refractivity contribution is 6.01. The number of ether oxygens (including phenoxy) is 2. The maximum absolute atomic E-state index is 12.6. The van der Waals surface area contributed by atoms with Crippen LogP contribution in [0.5, 0.6) is 0 Å². The third-order valence-corrected chi connectivity index (χ3v) is 4.11. The topological polar surface area (TPSA) is 102 Å². The third-order valence-electron chi connectivity index (χ3n) is 4.11. The van der Waals surface area contributed by atoms with Gasteiger partial charge in [-0.3, -0.25) is 14.5 Å². The molecule has 0 N–H and O–H groups in total. The lowest BCUT2D eigenvalue weighted by Gasteiger charge is -2.41. The van der Waals surface area contributed by atoms with Crippen LogP contribution in [0.1, 0.15) is 47.5 Å². The average molecular weight is 356 g/mol. The normalized spacial score (nSPS) is 27.5. The first-order valence-corrected chi connectivity index (χ1v) is 8.20. The van der Waals surface area contributed by atoms with Crippen molar-refractivity contribution in [1.29, 1.82) is 0 Å². The second kappa shape index (κ2) is 6.99. The van der Waals surface area contributed by atoms with E-state index < -0.39 is 41.4 Å². The summed E-state index contributed by atoms with van der Waals surface area (Å²) in [5.74, 6) is -2.43. The van der Waals surface area contributed by atoms with E-state index in [0.717, 1.165) is 4.90 Å². The summed E-state index contributed by atoms with van der Waals surface area (Å²) >= 11 is 0. The lowest BCUT2D eigenvalue weighted by atomic mass is 9.94. The molecular formula is C16H24N2O7. The summed E-state index contributed by atoms with van der Waals surface area (Å²) in [6.07, 6.45) is -1.04. The summed E-state index contributed by atoms with van der Waals surface area (Å²) < 4.78 is 10.8. The van der Waals surface area contributed by atoms with Gasteiger partial charge < -0.3 is 14.3 Å². The van der Waals surface area contributed by atoms with Gasteiger partial charge in [-0.25, -0.2) is 9.59 Å². The fourth-order valence-electron chi connectivity index (χ4n) is 2.60. The number of imide groups is 1. The first-order chi connectivity index (χ1) is 11.5. The minimum absolute atomic E-state index is 0.00161. The Kier molecular flexibility index (Phi) is 5.36. The van der Waals surface area contributed by atoms with Gasteiger partial charge in [0.2, 0.25) is 0 Å². The van der Waals surface area contributed by atoms with Gasteiger partial charge in [-0.15, -0.1) is 5.06 Å². The van der Waals surface area contributed by atoms with Gasteiger partial charge >= 0.3 is 12.1 Å². The lowest BCUT2D eigenvalue weighted by molar-refractivity contribution is -0.209. The number of nitrogens with zero attached hydrogens (tertiary/aromatic N) is 2. The minimum Gasteiger partial charge on any atom is -0.444 e. The summed E-state index contributed by atoms with van der Waals surface area (Å²) in [7, 11) is 0. The molecule has 0 spiro atoms. The molecule has 2 saturated heterocycles. The van der Waals surface area contributed by atoms with Crippen LogP contribution in [0.15, 0.2) is 0 Å². The SMILES string of the molecule is C[C@H]1[C@H](C)OCN(C(=O)OC(C)(C)C)[C@@H]1C(=O)ON1C(=O)CCC1=O. The molecule has 140 valence electrons. The molecule has 2 aliphatic rings. The predicted octanol–water partition coefficient (Wildman–Crippen LogP) is 1.21. The molecular weight excluding hydrogens is 332 g/mol. The molecule has 0 aromatic carbocycles. The monoisotopic (exact) mass is 356 g/mol. The number of hydrogen-bond donors (Lipinski definition) is 0. The van der Waals surface area contributed by atoms with Gasteiger partial charge in [0.25, 0.3) is 11.8 Å². The standard InChI is InChI=1S/C16H24N2O7/c1-9-10(2)23-8-17(15(22)24-16(3,4)5)13(9)14(21)25-18-11(19)6-7-12(18)20/h9-10,13H,6-8H2,1-5H3/t9-,10-,13-/m0/s1. The highest BCUT2D eigenvalue weighted by Crippen LogP contribution is 2.27. The van der Waals surface area contributed by atoms with Crippen LogP contribution in [-0.4, -0.2) is 58.3 Å². The predicted molar refractivity (Wildman–Crippen MR) is 83.6 cm³/mol. The first-order valence-electron chi connectivity index (χ1n) is 8.20. The van der Waals surface area contributed by atoms with Gasteiger partial charge in [-0.2, -0.15) is 0 Å². The molecule has 0 saturated carbocycles. The van der Waals surface area contributed by atoms with Crippen molar-refractivity contribution >= 4 is 23.9 Å². The smallest absolute Gasteiger partial charge is 0.412 e. The molecule has 2 heterocycles. The van der Waals surface area contributed by atoms with Crippen molar-refractivity contribution in [2.24, 2.45) is 5.92 Å². The van der Waals surface area contributed by atoms with Crippen LogP contribution in [0.3, 0.4) is 0 Å². The van der Waals surface area contributed by atoms with Gasteiger partial charge in [-0.1, -0.05) is 6.92 Å². The Morgan fingerprint density at radius 3 is 2.20 bits per heavy atom. The summed E-state index contributed by atoms with van der Waals surface area (Å²) in [6.45, 7) is 8.45. The lowest BCUT2D eigenvalue weighted by Crippen LogP contribution is -2.58. The van der Waals surface area contributed by atoms with Crippen LogP contribution in [0.2, 0.25) is 0 Å². The van der Waals surface area contributed by atoms with Crippen molar-refractivity contribution in [2.45, 2.75) is 65.2 Å². The quantitative estimate of drug-likeness (QED) is 0.685. The van der Waals surface area contributed by atoms with Crippen LogP contribution >= 0.6 is 0 Å². The first kappa shape index (κ1) is 19.2. The number of rotatable bonds is 2. The molecule has 3 amide bonds. The molecule has 0 aromatic rings. The Hall–Kier alpha value is -2.16. The van der Waals surface area contributed by atoms with Crippen molar-refractivity contribution in [2.75, 3.05) is 6.73 Å². The highest BCUT2D eigenvalue weighted by atomic mass is 16.7. The minimum atomic E-state index is -1.03. The zero-order valence-electron chi connectivity index (χ0n) is 15.1. The molecule has 0 radical (unpaired) electrons. The average Bonchev–Trinajstić information content (AvgIpc) is 2.79. The molecule has 0 bridgehead atoms.